The number of carbonyl (C=O) groups is 1. The van der Waals surface area contributed by atoms with E-state index in [1.165, 1.54) is 13.1 Å². The molecule has 0 radical (unpaired) electrons. The van der Waals surface area contributed by atoms with Gasteiger partial charge in [0.15, 0.2) is 0 Å². The van der Waals surface area contributed by atoms with E-state index < -0.39 is 17.2 Å². The van der Waals surface area contributed by atoms with Gasteiger partial charge in [-0.05, 0) is 0 Å². The molecule has 0 saturated heterocycles. The van der Waals surface area contributed by atoms with Crippen LogP contribution in [0.25, 0.3) is 0 Å². The smallest absolute Gasteiger partial charge is 1.00 e. The molecule has 0 spiro atoms. The molecule has 3 aromatic rings. The number of carbonyl (C=O) groups excluding carboxylic acids is 1. The third-order valence-corrected chi connectivity index (χ3v) is 16.7. The van der Waals surface area contributed by atoms with E-state index in [1.807, 2.05) is 61.5 Å². The van der Waals surface area contributed by atoms with Crippen molar-refractivity contribution in [1.29, 1.82) is 0 Å². The van der Waals surface area contributed by atoms with E-state index in [9.17, 15) is 4.79 Å². The largest absolute Gasteiger partial charge is 1.00 e. The second kappa shape index (κ2) is 10.3. The number of benzene rings is 3. The molecule has 1 atom stereocenters. The van der Waals surface area contributed by atoms with E-state index in [2.05, 4.69) is 52.3 Å². The molecular weight excluding hydrogens is 531 g/mol. The van der Waals surface area contributed by atoms with Crippen LogP contribution in [-0.4, -0.2) is 29.7 Å². The molecule has 140 valence electrons. The summed E-state index contributed by atoms with van der Waals surface area (Å²) in [5.74, 6) is -0.198. The Hall–Kier alpha value is -1.35. The van der Waals surface area contributed by atoms with Crippen LogP contribution >= 0.6 is 15.9 Å². The Morgan fingerprint density at radius 3 is 1.44 bits per heavy atom. The van der Waals surface area contributed by atoms with Gasteiger partial charge in [0.25, 0.3) is 0 Å². The summed E-state index contributed by atoms with van der Waals surface area (Å²) in [7, 11) is 0. The molecule has 2 nitrogen and oxygen atoms in total. The first-order chi connectivity index (χ1) is 12.7. The van der Waals surface area contributed by atoms with Crippen LogP contribution in [-0.2, 0) is 9.53 Å². The summed E-state index contributed by atoms with van der Waals surface area (Å²) < 4.78 is 8.66. The molecule has 0 aliphatic heterocycles. The first-order valence-electron chi connectivity index (χ1n) is 8.57. The Labute approximate surface area is 182 Å². The van der Waals surface area contributed by atoms with E-state index in [1.54, 1.807) is 0 Å². The SMILES string of the molecule is CCOC(=O)C(Br)[As+](c1ccccc1)(c1ccccc1)c1ccccc1.[Br-]. The maximum absolute atomic E-state index is 12.9. The molecule has 0 bridgehead atoms. The van der Waals surface area contributed by atoms with Crippen molar-refractivity contribution in [1.82, 2.24) is 0 Å². The summed E-state index contributed by atoms with van der Waals surface area (Å²) in [6, 6.07) is 31.1. The predicted molar refractivity (Wildman–Crippen MR) is 113 cm³/mol. The summed E-state index contributed by atoms with van der Waals surface area (Å²) in [4.78, 5) is 12.9. The van der Waals surface area contributed by atoms with Crippen LogP contribution in [0.1, 0.15) is 6.92 Å². The van der Waals surface area contributed by atoms with Crippen LogP contribution in [0.15, 0.2) is 91.0 Å². The monoisotopic (exact) mass is 550 g/mol. The maximum Gasteiger partial charge on any atom is -1.00 e. The summed E-state index contributed by atoms with van der Waals surface area (Å²) in [6.07, 6.45) is 0. The van der Waals surface area contributed by atoms with E-state index in [0.29, 0.717) is 6.61 Å². The summed E-state index contributed by atoms with van der Waals surface area (Å²) >= 11 is 0.623. The van der Waals surface area contributed by atoms with Gasteiger partial charge in [-0.2, -0.15) is 0 Å². The molecule has 3 rings (SSSR count). The van der Waals surface area contributed by atoms with Crippen LogP contribution in [0, 0.1) is 0 Å². The number of alkyl halides is 1. The predicted octanol–water partition coefficient (Wildman–Crippen LogP) is 0.0266. The minimum absolute atomic E-state index is 0. The third-order valence-electron chi connectivity index (χ3n) is 4.31. The van der Waals surface area contributed by atoms with Crippen molar-refractivity contribution in [2.24, 2.45) is 0 Å². The second-order valence-corrected chi connectivity index (χ2v) is 15.6. The topological polar surface area (TPSA) is 26.3 Å². The first kappa shape index (κ1) is 21.9. The van der Waals surface area contributed by atoms with E-state index in [0.717, 1.165) is 0 Å². The third kappa shape index (κ3) is 4.39. The molecule has 0 heterocycles. The van der Waals surface area contributed by atoms with Crippen molar-refractivity contribution in [3.8, 4) is 0 Å². The standard InChI is InChI=1S/C22H21AsBrO2.BrH/c1-2-26-22(25)21(24)23(18-12-6-3-7-13-18,19-14-8-4-9-15-19)20-16-10-5-11-17-20;/h3-17,21H,2H2,1H3;1H/q+1;/p-1. The maximum atomic E-state index is 12.9. The van der Waals surface area contributed by atoms with Gasteiger partial charge in [-0.15, -0.1) is 0 Å². The zero-order valence-electron chi connectivity index (χ0n) is 15.0. The van der Waals surface area contributed by atoms with Gasteiger partial charge in [0, 0.05) is 0 Å². The summed E-state index contributed by atoms with van der Waals surface area (Å²) in [6.45, 7) is 2.22. The minimum Gasteiger partial charge on any atom is -1.00 e. The van der Waals surface area contributed by atoms with Gasteiger partial charge < -0.3 is 17.0 Å². The van der Waals surface area contributed by atoms with Gasteiger partial charge in [0.2, 0.25) is 0 Å². The van der Waals surface area contributed by atoms with Crippen molar-refractivity contribution in [2.75, 3.05) is 6.61 Å². The number of esters is 1. The Kier molecular flexibility index (Phi) is 8.34. The molecular formula is C22H21AsBr2O2. The molecule has 0 aliphatic carbocycles. The summed E-state index contributed by atoms with van der Waals surface area (Å²) in [5.41, 5.74) is 0. The molecule has 0 aromatic heterocycles. The number of hydrogen-bond acceptors (Lipinski definition) is 2. The van der Waals surface area contributed by atoms with Crippen LogP contribution < -0.4 is 30.0 Å². The van der Waals surface area contributed by atoms with E-state index in [4.69, 9.17) is 4.74 Å². The fourth-order valence-corrected chi connectivity index (χ4v) is 15.4. The zero-order valence-corrected chi connectivity index (χ0v) is 20.0. The molecule has 0 fully saturated rings. The van der Waals surface area contributed by atoms with Gasteiger partial charge in [-0.1, -0.05) is 0 Å². The Morgan fingerprint density at radius 2 is 1.15 bits per heavy atom. The van der Waals surface area contributed by atoms with Crippen molar-refractivity contribution in [2.45, 2.75) is 10.5 Å². The van der Waals surface area contributed by atoms with Gasteiger partial charge in [0.05, 0.1) is 0 Å². The van der Waals surface area contributed by atoms with Gasteiger partial charge in [0.1, 0.15) is 0 Å². The average Bonchev–Trinajstić information content (AvgIpc) is 2.71. The minimum atomic E-state index is -3.16. The Morgan fingerprint density at radius 1 is 0.815 bits per heavy atom. The van der Waals surface area contributed by atoms with Gasteiger partial charge in [-0.3, -0.25) is 0 Å². The molecule has 0 N–H and O–H groups in total. The van der Waals surface area contributed by atoms with Gasteiger partial charge in [-0.25, -0.2) is 0 Å². The van der Waals surface area contributed by atoms with E-state index in [-0.39, 0.29) is 23.0 Å². The number of rotatable bonds is 6. The Balaban J connectivity index is 0.00000261. The van der Waals surface area contributed by atoms with Crippen molar-refractivity contribution in [3.05, 3.63) is 91.0 Å². The fraction of sp³-hybridized carbons (Fsp3) is 0.136. The van der Waals surface area contributed by atoms with Crippen molar-refractivity contribution < 1.29 is 26.5 Å². The molecule has 1 unspecified atom stereocenters. The number of halogens is 2. The number of ether oxygens (including phenoxy) is 1. The molecule has 27 heavy (non-hydrogen) atoms. The van der Waals surface area contributed by atoms with Crippen LogP contribution in [0.3, 0.4) is 0 Å². The molecule has 3 aromatic carbocycles. The van der Waals surface area contributed by atoms with Crippen LogP contribution in [0.2, 0.25) is 0 Å². The fourth-order valence-electron chi connectivity index (χ4n) is 3.20. The average molecular weight is 552 g/mol. The first-order valence-corrected chi connectivity index (χ1v) is 13.4. The van der Waals surface area contributed by atoms with Gasteiger partial charge >= 0.3 is 166 Å². The summed E-state index contributed by atoms with van der Waals surface area (Å²) in [5, 5.41) is 0. The van der Waals surface area contributed by atoms with Crippen molar-refractivity contribution in [3.63, 3.8) is 0 Å². The van der Waals surface area contributed by atoms with Crippen LogP contribution in [0.5, 0.6) is 0 Å². The van der Waals surface area contributed by atoms with Crippen molar-refractivity contribution >= 4 is 48.5 Å². The quantitative estimate of drug-likeness (QED) is 0.245. The number of hydrogen-bond donors (Lipinski definition) is 0. The van der Waals surface area contributed by atoms with Crippen LogP contribution in [0.4, 0.5) is 0 Å². The zero-order chi connectivity index (χ0) is 18.4. The normalized spacial score (nSPS) is 11.9. The van der Waals surface area contributed by atoms with E-state index >= 15 is 0 Å². The molecule has 5 heteroatoms. The Bertz CT molecular complexity index is 745. The molecule has 0 aliphatic rings. The molecule has 0 saturated carbocycles. The second-order valence-electron chi connectivity index (χ2n) is 5.82. The molecule has 0 amide bonds.